The lowest BCUT2D eigenvalue weighted by Gasteiger charge is -2.22. The molecule has 0 saturated carbocycles. The van der Waals surface area contributed by atoms with Crippen LogP contribution in [0.1, 0.15) is 32.7 Å². The highest BCUT2D eigenvalue weighted by atomic mass is 35.5. The summed E-state index contributed by atoms with van der Waals surface area (Å²) in [4.78, 5) is 50.6. The maximum Gasteiger partial charge on any atom is 0.320 e. The molecule has 0 saturated heterocycles. The summed E-state index contributed by atoms with van der Waals surface area (Å²) >= 11 is 5.87. The van der Waals surface area contributed by atoms with Crippen LogP contribution < -0.4 is 0 Å². The van der Waals surface area contributed by atoms with Crippen molar-refractivity contribution >= 4 is 35.1 Å². The molecule has 0 aliphatic carbocycles. The lowest BCUT2D eigenvalue weighted by Crippen LogP contribution is -2.38. The van der Waals surface area contributed by atoms with Crippen molar-refractivity contribution in [3.8, 4) is 0 Å². The quantitative estimate of drug-likeness (QED) is 0.370. The van der Waals surface area contributed by atoms with E-state index < -0.39 is 29.6 Å². The number of aryl methyl sites for hydroxylation is 1. The fourth-order valence-electron chi connectivity index (χ4n) is 2.93. The molecule has 0 bridgehead atoms. The van der Waals surface area contributed by atoms with Crippen LogP contribution >= 0.6 is 11.6 Å². The molecule has 6 nitrogen and oxygen atoms in total. The van der Waals surface area contributed by atoms with Crippen molar-refractivity contribution in [3.05, 3.63) is 70.2 Å². The number of carbonyl (C=O) groups excluding carboxylic acids is 4. The molecule has 2 rings (SSSR count). The summed E-state index contributed by atoms with van der Waals surface area (Å²) in [5.74, 6) is -5.67. The van der Waals surface area contributed by atoms with Crippen LogP contribution in [0.3, 0.4) is 0 Å². The number of halogens is 1. The second kappa shape index (κ2) is 9.98. The number of Topliss-reactive ketones (excluding diaryl/α,β-unsaturated/α-hetero) is 2. The van der Waals surface area contributed by atoms with Gasteiger partial charge >= 0.3 is 11.9 Å². The fraction of sp³-hybridized carbons (Fsp3) is 0.273. The molecule has 29 heavy (non-hydrogen) atoms. The SMILES string of the molecule is COC(=O)C(C(=O)OC)C(CC(=O)c1ccc(C)cc1)C(=O)c1ccc(Cl)cc1. The van der Waals surface area contributed by atoms with E-state index in [4.69, 9.17) is 21.1 Å². The van der Waals surface area contributed by atoms with E-state index in [1.165, 1.54) is 24.3 Å². The largest absolute Gasteiger partial charge is 0.468 e. The molecule has 0 aliphatic rings. The number of benzene rings is 2. The topological polar surface area (TPSA) is 86.7 Å². The molecule has 2 aromatic carbocycles. The van der Waals surface area contributed by atoms with Gasteiger partial charge in [0.05, 0.1) is 20.1 Å². The van der Waals surface area contributed by atoms with Crippen molar-refractivity contribution in [1.29, 1.82) is 0 Å². The molecule has 0 fully saturated rings. The lowest BCUT2D eigenvalue weighted by molar-refractivity contribution is -0.160. The summed E-state index contributed by atoms with van der Waals surface area (Å²) in [5, 5.41) is 0.423. The maximum atomic E-state index is 13.1. The second-order valence-electron chi connectivity index (χ2n) is 6.49. The molecule has 0 spiro atoms. The number of carbonyl (C=O) groups is 4. The molecule has 1 atom stereocenters. The highest BCUT2D eigenvalue weighted by Gasteiger charge is 2.42. The van der Waals surface area contributed by atoms with E-state index in [9.17, 15) is 19.2 Å². The summed E-state index contributed by atoms with van der Waals surface area (Å²) in [5.41, 5.74) is 1.56. The summed E-state index contributed by atoms with van der Waals surface area (Å²) in [6.45, 7) is 1.88. The van der Waals surface area contributed by atoms with Gasteiger partial charge in [-0.1, -0.05) is 41.4 Å². The van der Waals surface area contributed by atoms with E-state index in [1.807, 2.05) is 6.92 Å². The van der Waals surface area contributed by atoms with Gasteiger partial charge in [0.2, 0.25) is 0 Å². The van der Waals surface area contributed by atoms with Crippen LogP contribution in [0.25, 0.3) is 0 Å². The van der Waals surface area contributed by atoms with Crippen LogP contribution in [0.15, 0.2) is 48.5 Å². The van der Waals surface area contributed by atoms with Crippen molar-refractivity contribution in [2.45, 2.75) is 13.3 Å². The van der Waals surface area contributed by atoms with Gasteiger partial charge in [-0.25, -0.2) is 0 Å². The van der Waals surface area contributed by atoms with Gasteiger partial charge in [-0.05, 0) is 31.2 Å². The average Bonchev–Trinajstić information content (AvgIpc) is 2.73. The third-order valence-electron chi connectivity index (χ3n) is 4.56. The molecule has 152 valence electrons. The highest BCUT2D eigenvalue weighted by Crippen LogP contribution is 2.27. The van der Waals surface area contributed by atoms with Crippen LogP contribution in [-0.4, -0.2) is 37.7 Å². The van der Waals surface area contributed by atoms with Gasteiger partial charge in [0.15, 0.2) is 17.5 Å². The first kappa shape index (κ1) is 22.3. The Morgan fingerprint density at radius 1 is 0.828 bits per heavy atom. The van der Waals surface area contributed by atoms with E-state index in [2.05, 4.69) is 0 Å². The molecule has 0 heterocycles. The third kappa shape index (κ3) is 5.51. The van der Waals surface area contributed by atoms with Gasteiger partial charge in [0.25, 0.3) is 0 Å². The zero-order valence-corrected chi connectivity index (χ0v) is 17.1. The number of esters is 2. The predicted octanol–water partition coefficient (Wildman–Crippen LogP) is 3.68. The molecule has 0 aliphatic heterocycles. The Hall–Kier alpha value is -2.99. The van der Waals surface area contributed by atoms with Crippen LogP contribution in [0.2, 0.25) is 5.02 Å². The van der Waals surface area contributed by atoms with E-state index >= 15 is 0 Å². The number of methoxy groups -OCH3 is 2. The van der Waals surface area contributed by atoms with Crippen molar-refractivity contribution in [2.24, 2.45) is 11.8 Å². The van der Waals surface area contributed by atoms with Crippen molar-refractivity contribution in [3.63, 3.8) is 0 Å². The fourth-order valence-corrected chi connectivity index (χ4v) is 3.05. The Morgan fingerprint density at radius 3 is 1.79 bits per heavy atom. The van der Waals surface area contributed by atoms with E-state index in [0.717, 1.165) is 19.8 Å². The van der Waals surface area contributed by atoms with Gasteiger partial charge in [-0.3, -0.25) is 19.2 Å². The number of ketones is 2. The highest BCUT2D eigenvalue weighted by molar-refractivity contribution is 6.30. The summed E-state index contributed by atoms with van der Waals surface area (Å²) < 4.78 is 9.40. The molecule has 0 radical (unpaired) electrons. The van der Waals surface area contributed by atoms with Crippen LogP contribution in [0, 0.1) is 18.8 Å². The van der Waals surface area contributed by atoms with Crippen molar-refractivity contribution in [2.75, 3.05) is 14.2 Å². The molecule has 0 aromatic heterocycles. The van der Waals surface area contributed by atoms with Crippen LogP contribution in [0.4, 0.5) is 0 Å². The number of hydrogen-bond donors (Lipinski definition) is 0. The van der Waals surface area contributed by atoms with Crippen LogP contribution in [0.5, 0.6) is 0 Å². The molecular formula is C22H21ClO6. The molecule has 0 N–H and O–H groups in total. The zero-order chi connectivity index (χ0) is 21.6. The smallest absolute Gasteiger partial charge is 0.320 e. The van der Waals surface area contributed by atoms with Gasteiger partial charge in [0.1, 0.15) is 0 Å². The normalized spacial score (nSPS) is 11.6. The molecule has 0 amide bonds. The van der Waals surface area contributed by atoms with Gasteiger partial charge in [0, 0.05) is 22.6 Å². The van der Waals surface area contributed by atoms with E-state index in [0.29, 0.717) is 10.6 Å². The number of rotatable bonds is 8. The Bertz CT molecular complexity index is 886. The minimum Gasteiger partial charge on any atom is -0.468 e. The Balaban J connectivity index is 2.45. The van der Waals surface area contributed by atoms with Crippen LogP contribution in [-0.2, 0) is 19.1 Å². The molecule has 2 aromatic rings. The maximum absolute atomic E-state index is 13.1. The third-order valence-corrected chi connectivity index (χ3v) is 4.81. The monoisotopic (exact) mass is 416 g/mol. The average molecular weight is 417 g/mol. The van der Waals surface area contributed by atoms with Gasteiger partial charge in [-0.15, -0.1) is 0 Å². The lowest BCUT2D eigenvalue weighted by atomic mass is 9.81. The standard InChI is InChI=1S/C22H21ClO6/c1-13-4-6-14(7-5-13)18(24)12-17(19(21(26)28-2)22(27)29-3)20(25)15-8-10-16(23)11-9-15/h4-11,17,19H,12H2,1-3H3. The second-order valence-corrected chi connectivity index (χ2v) is 6.93. The first-order chi connectivity index (χ1) is 13.8. The first-order valence-corrected chi connectivity index (χ1v) is 9.21. The van der Waals surface area contributed by atoms with Crippen molar-refractivity contribution < 1.29 is 28.7 Å². The predicted molar refractivity (Wildman–Crippen MR) is 107 cm³/mol. The summed E-state index contributed by atoms with van der Waals surface area (Å²) in [7, 11) is 2.20. The Kier molecular flexibility index (Phi) is 7.67. The zero-order valence-electron chi connectivity index (χ0n) is 16.3. The van der Waals surface area contributed by atoms with E-state index in [-0.39, 0.29) is 17.8 Å². The minimum atomic E-state index is -1.57. The van der Waals surface area contributed by atoms with Gasteiger partial charge in [-0.2, -0.15) is 0 Å². The summed E-state index contributed by atoms with van der Waals surface area (Å²) in [6, 6.07) is 12.8. The molecule has 1 unspecified atom stereocenters. The Labute approximate surface area is 173 Å². The molecular weight excluding hydrogens is 396 g/mol. The number of ether oxygens (including phenoxy) is 2. The van der Waals surface area contributed by atoms with Crippen molar-refractivity contribution in [1.82, 2.24) is 0 Å². The minimum absolute atomic E-state index is 0.217. The van der Waals surface area contributed by atoms with Gasteiger partial charge < -0.3 is 9.47 Å². The number of hydrogen-bond acceptors (Lipinski definition) is 6. The molecule has 7 heteroatoms. The summed E-state index contributed by atoms with van der Waals surface area (Å²) in [6.07, 6.45) is -0.362. The first-order valence-electron chi connectivity index (χ1n) is 8.83. The van der Waals surface area contributed by atoms with E-state index in [1.54, 1.807) is 24.3 Å². The Morgan fingerprint density at radius 2 is 1.31 bits per heavy atom.